The maximum Gasteiger partial charge on any atom is 0.0471 e. The minimum absolute atomic E-state index is 0.460. The summed E-state index contributed by atoms with van der Waals surface area (Å²) in [5.41, 5.74) is 0.460. The zero-order chi connectivity index (χ0) is 12.0. The van der Waals surface area contributed by atoms with Crippen molar-refractivity contribution in [3.05, 3.63) is 0 Å². The number of hydrogen-bond donors (Lipinski definition) is 2. The molecule has 0 amide bonds. The van der Waals surface area contributed by atoms with Crippen LogP contribution in [0.5, 0.6) is 0 Å². The Balaban J connectivity index is 1.55. The van der Waals surface area contributed by atoms with E-state index in [1.54, 1.807) is 0 Å². The molecular weight excluding hydrogens is 214 g/mol. The van der Waals surface area contributed by atoms with E-state index in [4.69, 9.17) is 4.74 Å². The van der Waals surface area contributed by atoms with E-state index in [0.717, 1.165) is 39.4 Å². The fourth-order valence-corrected chi connectivity index (χ4v) is 2.60. The van der Waals surface area contributed by atoms with Gasteiger partial charge in [-0.05, 0) is 18.3 Å². The summed E-state index contributed by atoms with van der Waals surface area (Å²) in [7, 11) is 0. The average Bonchev–Trinajstić information content (AvgIpc) is 2.37. The van der Waals surface area contributed by atoms with E-state index in [9.17, 15) is 0 Å². The lowest BCUT2D eigenvalue weighted by Gasteiger charge is -2.34. The number of piperazine rings is 1. The number of hydrogen-bond acceptors (Lipinski definition) is 4. The van der Waals surface area contributed by atoms with Crippen molar-refractivity contribution in [2.75, 3.05) is 59.0 Å². The van der Waals surface area contributed by atoms with Gasteiger partial charge in [0, 0.05) is 59.0 Å². The van der Waals surface area contributed by atoms with Gasteiger partial charge in [-0.1, -0.05) is 6.92 Å². The first-order valence-corrected chi connectivity index (χ1v) is 7.00. The summed E-state index contributed by atoms with van der Waals surface area (Å²) in [4.78, 5) is 2.54. The van der Waals surface area contributed by atoms with Crippen molar-refractivity contribution in [3.63, 3.8) is 0 Å². The highest BCUT2D eigenvalue weighted by atomic mass is 16.5. The van der Waals surface area contributed by atoms with Crippen LogP contribution in [0, 0.1) is 5.41 Å². The van der Waals surface area contributed by atoms with E-state index in [-0.39, 0.29) is 0 Å². The van der Waals surface area contributed by atoms with E-state index < -0.39 is 0 Å². The lowest BCUT2D eigenvalue weighted by molar-refractivity contribution is 0.0239. The zero-order valence-electron chi connectivity index (χ0n) is 11.1. The van der Waals surface area contributed by atoms with Crippen molar-refractivity contribution in [2.45, 2.75) is 19.8 Å². The summed E-state index contributed by atoms with van der Waals surface area (Å²) in [5.74, 6) is 0. The topological polar surface area (TPSA) is 36.5 Å². The Kier molecular flexibility index (Phi) is 5.22. The molecule has 0 saturated carbocycles. The highest BCUT2D eigenvalue weighted by molar-refractivity contribution is 4.79. The van der Waals surface area contributed by atoms with Crippen LogP contribution in [-0.2, 0) is 4.74 Å². The number of ether oxygens (including phenoxy) is 1. The molecule has 0 aromatic heterocycles. The van der Waals surface area contributed by atoms with Gasteiger partial charge in [0.25, 0.3) is 0 Å². The van der Waals surface area contributed by atoms with Crippen LogP contribution in [-0.4, -0.2) is 63.9 Å². The molecule has 17 heavy (non-hydrogen) atoms. The molecule has 0 radical (unpaired) electrons. The highest BCUT2D eigenvalue weighted by Gasteiger charge is 2.26. The molecule has 2 fully saturated rings. The van der Waals surface area contributed by atoms with E-state index in [2.05, 4.69) is 22.5 Å². The van der Waals surface area contributed by atoms with Crippen molar-refractivity contribution in [2.24, 2.45) is 5.41 Å². The van der Waals surface area contributed by atoms with E-state index in [0.29, 0.717) is 5.41 Å². The molecule has 2 rings (SSSR count). The second-order valence-electron chi connectivity index (χ2n) is 5.69. The fraction of sp³-hybridized carbons (Fsp3) is 1.00. The summed E-state index contributed by atoms with van der Waals surface area (Å²) >= 11 is 0. The maximum atomic E-state index is 5.42. The van der Waals surface area contributed by atoms with Gasteiger partial charge in [-0.3, -0.25) is 4.90 Å². The first-order valence-electron chi connectivity index (χ1n) is 7.00. The molecule has 0 atom stereocenters. The van der Waals surface area contributed by atoms with Gasteiger partial charge in [0.1, 0.15) is 0 Å². The average molecular weight is 241 g/mol. The predicted molar refractivity (Wildman–Crippen MR) is 70.3 cm³/mol. The summed E-state index contributed by atoms with van der Waals surface area (Å²) in [5, 5.41) is 7.01. The van der Waals surface area contributed by atoms with Crippen molar-refractivity contribution >= 4 is 0 Å². The van der Waals surface area contributed by atoms with Gasteiger partial charge >= 0.3 is 0 Å². The molecule has 0 aromatic carbocycles. The van der Waals surface area contributed by atoms with Crippen LogP contribution < -0.4 is 10.6 Å². The van der Waals surface area contributed by atoms with Gasteiger partial charge in [0.05, 0.1) is 0 Å². The normalized spacial score (nSPS) is 25.9. The van der Waals surface area contributed by atoms with Gasteiger partial charge in [0.15, 0.2) is 0 Å². The van der Waals surface area contributed by atoms with E-state index >= 15 is 0 Å². The van der Waals surface area contributed by atoms with Crippen molar-refractivity contribution in [3.8, 4) is 0 Å². The summed E-state index contributed by atoms with van der Waals surface area (Å²) in [6.45, 7) is 12.4. The summed E-state index contributed by atoms with van der Waals surface area (Å²) < 4.78 is 5.42. The van der Waals surface area contributed by atoms with Crippen molar-refractivity contribution in [1.29, 1.82) is 0 Å². The maximum absolute atomic E-state index is 5.42. The zero-order valence-corrected chi connectivity index (χ0v) is 11.1. The molecule has 0 bridgehead atoms. The van der Waals surface area contributed by atoms with Crippen LogP contribution in [0.3, 0.4) is 0 Å². The molecule has 2 saturated heterocycles. The standard InChI is InChI=1S/C13H27N3O/c1-13(2-10-17-11-3-13)12-15-6-9-16-7-4-14-5-8-16/h14-15H,2-12H2,1H3. The van der Waals surface area contributed by atoms with Crippen LogP contribution in [0.15, 0.2) is 0 Å². The molecule has 2 heterocycles. The van der Waals surface area contributed by atoms with Gasteiger partial charge in [-0.25, -0.2) is 0 Å². The largest absolute Gasteiger partial charge is 0.381 e. The Hall–Kier alpha value is -0.160. The van der Waals surface area contributed by atoms with E-state index in [1.807, 2.05) is 0 Å². The second kappa shape index (κ2) is 6.69. The molecule has 4 heteroatoms. The quantitative estimate of drug-likeness (QED) is 0.679. The van der Waals surface area contributed by atoms with Crippen LogP contribution in [0.25, 0.3) is 0 Å². The smallest absolute Gasteiger partial charge is 0.0471 e. The SMILES string of the molecule is CC1(CNCCN2CCNCC2)CCOCC1. The molecule has 0 unspecified atom stereocenters. The Morgan fingerprint density at radius 1 is 1.24 bits per heavy atom. The third kappa shape index (κ3) is 4.54. The molecule has 100 valence electrons. The molecule has 0 aliphatic carbocycles. The third-order valence-electron chi connectivity index (χ3n) is 4.07. The molecule has 0 aromatic rings. The Morgan fingerprint density at radius 2 is 1.94 bits per heavy atom. The molecule has 2 aliphatic heterocycles. The first-order chi connectivity index (χ1) is 8.29. The number of nitrogens with one attached hydrogen (secondary N) is 2. The van der Waals surface area contributed by atoms with Gasteiger partial charge in [-0.2, -0.15) is 0 Å². The van der Waals surface area contributed by atoms with Gasteiger partial charge < -0.3 is 15.4 Å². The lowest BCUT2D eigenvalue weighted by Crippen LogP contribution is -2.46. The summed E-state index contributed by atoms with van der Waals surface area (Å²) in [6, 6.07) is 0. The van der Waals surface area contributed by atoms with Crippen molar-refractivity contribution < 1.29 is 4.74 Å². The fourth-order valence-electron chi connectivity index (χ4n) is 2.60. The van der Waals surface area contributed by atoms with Gasteiger partial charge in [0.2, 0.25) is 0 Å². The molecule has 2 N–H and O–H groups in total. The minimum atomic E-state index is 0.460. The van der Waals surface area contributed by atoms with Gasteiger partial charge in [-0.15, -0.1) is 0 Å². The monoisotopic (exact) mass is 241 g/mol. The molecule has 0 spiro atoms. The summed E-state index contributed by atoms with van der Waals surface area (Å²) in [6.07, 6.45) is 2.40. The Labute approximate surface area is 105 Å². The Bertz CT molecular complexity index is 211. The molecular formula is C13H27N3O. The third-order valence-corrected chi connectivity index (χ3v) is 4.07. The van der Waals surface area contributed by atoms with Crippen LogP contribution in [0.1, 0.15) is 19.8 Å². The Morgan fingerprint density at radius 3 is 2.65 bits per heavy atom. The highest BCUT2D eigenvalue weighted by Crippen LogP contribution is 2.28. The molecule has 2 aliphatic rings. The first kappa shape index (κ1) is 13.3. The lowest BCUT2D eigenvalue weighted by atomic mass is 9.82. The predicted octanol–water partition coefficient (Wildman–Crippen LogP) is 0.298. The second-order valence-corrected chi connectivity index (χ2v) is 5.69. The van der Waals surface area contributed by atoms with E-state index in [1.165, 1.54) is 32.5 Å². The van der Waals surface area contributed by atoms with Crippen LogP contribution in [0.2, 0.25) is 0 Å². The number of rotatable bonds is 5. The van der Waals surface area contributed by atoms with Crippen LogP contribution >= 0.6 is 0 Å². The number of nitrogens with zero attached hydrogens (tertiary/aromatic N) is 1. The molecule has 4 nitrogen and oxygen atoms in total. The minimum Gasteiger partial charge on any atom is -0.381 e. The van der Waals surface area contributed by atoms with Crippen LogP contribution in [0.4, 0.5) is 0 Å². The van der Waals surface area contributed by atoms with Crippen molar-refractivity contribution in [1.82, 2.24) is 15.5 Å².